The van der Waals surface area contributed by atoms with Gasteiger partial charge in [-0.2, -0.15) is 5.26 Å². The number of carbonyl (C=O) groups excluding carboxylic acids is 1. The zero-order chi connectivity index (χ0) is 19.1. The van der Waals surface area contributed by atoms with E-state index in [2.05, 4.69) is 22.2 Å². The minimum absolute atomic E-state index is 0.0406. The van der Waals surface area contributed by atoms with Crippen LogP contribution >= 0.6 is 11.3 Å². The molecule has 2 heterocycles. The maximum atomic E-state index is 12.7. The summed E-state index contributed by atoms with van der Waals surface area (Å²) < 4.78 is 2.28. The number of aromatic amines is 1. The number of thiazole rings is 1. The maximum Gasteiger partial charge on any atom is 0.269 e. The Labute approximate surface area is 155 Å². The summed E-state index contributed by atoms with van der Waals surface area (Å²) in [4.78, 5) is 32.4. The van der Waals surface area contributed by atoms with Gasteiger partial charge in [0, 0.05) is 25.7 Å². The minimum atomic E-state index is -0.466. The van der Waals surface area contributed by atoms with Crippen molar-refractivity contribution in [3.8, 4) is 6.07 Å². The van der Waals surface area contributed by atoms with Crippen LogP contribution in [-0.4, -0.2) is 27.0 Å². The second-order valence-electron chi connectivity index (χ2n) is 5.69. The Balaban J connectivity index is 2.57. The van der Waals surface area contributed by atoms with Gasteiger partial charge < -0.3 is 10.3 Å². The van der Waals surface area contributed by atoms with Crippen LogP contribution in [0.4, 0.5) is 0 Å². The number of nitrogens with zero attached hydrogens (tertiary/aromatic N) is 3. The van der Waals surface area contributed by atoms with Gasteiger partial charge in [0.2, 0.25) is 0 Å². The van der Waals surface area contributed by atoms with E-state index in [-0.39, 0.29) is 11.1 Å². The molecule has 0 atom stereocenters. The first-order valence-corrected chi connectivity index (χ1v) is 9.55. The molecule has 138 valence electrons. The van der Waals surface area contributed by atoms with Crippen molar-refractivity contribution in [3.63, 3.8) is 0 Å². The third-order valence-electron chi connectivity index (χ3n) is 3.81. The summed E-state index contributed by atoms with van der Waals surface area (Å²) in [6.07, 6.45) is 6.45. The molecule has 0 aliphatic heterocycles. The number of carbonyl (C=O) groups is 1. The van der Waals surface area contributed by atoms with Crippen molar-refractivity contribution in [2.75, 3.05) is 6.54 Å². The van der Waals surface area contributed by atoms with E-state index in [4.69, 9.17) is 0 Å². The third-order valence-corrected chi connectivity index (χ3v) is 4.94. The highest BCUT2D eigenvalue weighted by atomic mass is 32.1. The predicted octanol–water partition coefficient (Wildman–Crippen LogP) is 0.635. The Bertz CT molecular complexity index is 990. The number of imidazole rings is 1. The van der Waals surface area contributed by atoms with E-state index < -0.39 is 5.91 Å². The number of nitrogens with one attached hydrogen (secondary N) is 2. The zero-order valence-electron chi connectivity index (χ0n) is 15.3. The van der Waals surface area contributed by atoms with Gasteiger partial charge in [-0.15, -0.1) is 11.3 Å². The molecular weight excluding hydrogens is 350 g/mol. The molecule has 0 aliphatic carbocycles. The van der Waals surface area contributed by atoms with Crippen molar-refractivity contribution < 1.29 is 4.79 Å². The van der Waals surface area contributed by atoms with Gasteiger partial charge in [0.05, 0.1) is 10.2 Å². The highest BCUT2D eigenvalue weighted by molar-refractivity contribution is 7.07. The first-order chi connectivity index (χ1) is 12.5. The van der Waals surface area contributed by atoms with Crippen LogP contribution in [0.15, 0.2) is 11.0 Å². The average Bonchev–Trinajstić information content (AvgIpc) is 3.19. The molecule has 0 aromatic carbocycles. The summed E-state index contributed by atoms with van der Waals surface area (Å²) in [6, 6.07) is 1.93. The van der Waals surface area contributed by atoms with E-state index in [1.807, 2.05) is 13.0 Å². The number of aromatic nitrogens is 3. The number of hydrogen-bond acceptors (Lipinski definition) is 5. The molecule has 8 heteroatoms. The van der Waals surface area contributed by atoms with E-state index in [1.165, 1.54) is 4.57 Å². The molecule has 1 amide bonds. The number of hydrogen-bond donors (Lipinski definition) is 2. The van der Waals surface area contributed by atoms with E-state index in [0.29, 0.717) is 28.0 Å². The van der Waals surface area contributed by atoms with Gasteiger partial charge in [-0.25, -0.2) is 4.98 Å². The van der Waals surface area contributed by atoms with Crippen LogP contribution in [0.25, 0.3) is 11.6 Å². The van der Waals surface area contributed by atoms with Crippen LogP contribution in [0, 0.1) is 11.3 Å². The highest BCUT2D eigenvalue weighted by Gasteiger charge is 2.14. The van der Waals surface area contributed by atoms with Crippen LogP contribution in [0.3, 0.4) is 0 Å². The number of amides is 1. The van der Waals surface area contributed by atoms with Gasteiger partial charge in [0.1, 0.15) is 16.6 Å². The van der Waals surface area contributed by atoms with Gasteiger partial charge in [-0.1, -0.05) is 13.3 Å². The van der Waals surface area contributed by atoms with Crippen molar-refractivity contribution in [1.29, 1.82) is 5.26 Å². The molecule has 0 saturated carbocycles. The molecule has 2 aromatic heterocycles. The van der Waals surface area contributed by atoms with E-state index in [1.54, 1.807) is 19.2 Å². The van der Waals surface area contributed by atoms with Gasteiger partial charge in [0.25, 0.3) is 11.5 Å². The van der Waals surface area contributed by atoms with Gasteiger partial charge in [0.15, 0.2) is 5.57 Å². The summed E-state index contributed by atoms with van der Waals surface area (Å²) >= 11 is 1.14. The summed E-state index contributed by atoms with van der Waals surface area (Å²) in [5, 5.41) is 12.0. The summed E-state index contributed by atoms with van der Waals surface area (Å²) in [5.74, 6) is 0.420. The molecule has 0 bridgehead atoms. The molecule has 0 radical (unpaired) electrons. The molecule has 26 heavy (non-hydrogen) atoms. The quantitative estimate of drug-likeness (QED) is 0.743. The molecule has 0 aliphatic rings. The smallest absolute Gasteiger partial charge is 0.269 e. The van der Waals surface area contributed by atoms with E-state index in [0.717, 1.165) is 36.4 Å². The number of unbranched alkanes of at least 4 members (excludes halogenated alkanes) is 1. The Morgan fingerprint density at radius 1 is 1.46 bits per heavy atom. The Morgan fingerprint density at radius 2 is 2.23 bits per heavy atom. The molecular formula is C18H23N5O2S. The number of H-pyrrole nitrogens is 1. The molecule has 0 saturated heterocycles. The molecule has 2 aromatic rings. The topological polar surface area (TPSA) is 104 Å². The van der Waals surface area contributed by atoms with Gasteiger partial charge in [-0.3, -0.25) is 14.2 Å². The van der Waals surface area contributed by atoms with Crippen molar-refractivity contribution >= 4 is 28.9 Å². The molecule has 0 spiro atoms. The third kappa shape index (κ3) is 4.29. The molecule has 2 N–H and O–H groups in total. The average molecular weight is 373 g/mol. The standard InChI is InChI=1S/C18H23N5O2S/c1-4-7-8-15-21-11-12(22-15)9-14-17(25)23(6-3)18(26-14)13(10-19)16(24)20-5-2/h9,11H,4-8H2,1-3H3,(H,20,24)(H,21,22)/b14-9-,18-13-. The SMILES string of the molecule is CCCCc1nc(/C=c2\s/c(=C(/C#N)C(=O)NCC)n(CC)c2=O)c[nH]1. The van der Waals surface area contributed by atoms with Crippen molar-refractivity contribution in [3.05, 3.63) is 37.3 Å². The van der Waals surface area contributed by atoms with Crippen LogP contribution in [0.2, 0.25) is 0 Å². The normalized spacial score (nSPS) is 12.8. The molecule has 2 rings (SSSR count). The fourth-order valence-electron chi connectivity index (χ4n) is 2.50. The van der Waals surface area contributed by atoms with Crippen molar-refractivity contribution in [2.45, 2.75) is 46.6 Å². The lowest BCUT2D eigenvalue weighted by molar-refractivity contribution is -0.115. The summed E-state index contributed by atoms with van der Waals surface area (Å²) in [5.41, 5.74) is 0.407. The second kappa shape index (κ2) is 9.15. The zero-order valence-corrected chi connectivity index (χ0v) is 16.1. The lowest BCUT2D eigenvalue weighted by atomic mass is 10.2. The number of aryl methyl sites for hydroxylation is 1. The fraction of sp³-hybridized carbons (Fsp3) is 0.444. The van der Waals surface area contributed by atoms with Crippen molar-refractivity contribution in [2.24, 2.45) is 0 Å². The lowest BCUT2D eigenvalue weighted by Gasteiger charge is -2.00. The van der Waals surface area contributed by atoms with E-state index >= 15 is 0 Å². The van der Waals surface area contributed by atoms with Crippen LogP contribution in [-0.2, 0) is 17.8 Å². The first-order valence-electron chi connectivity index (χ1n) is 8.73. The van der Waals surface area contributed by atoms with Gasteiger partial charge in [-0.05, 0) is 26.3 Å². The Hall–Kier alpha value is -2.66. The second-order valence-corrected chi connectivity index (χ2v) is 6.72. The molecule has 7 nitrogen and oxygen atoms in total. The van der Waals surface area contributed by atoms with E-state index in [9.17, 15) is 14.9 Å². The largest absolute Gasteiger partial charge is 0.352 e. The molecule has 0 fully saturated rings. The predicted molar refractivity (Wildman–Crippen MR) is 102 cm³/mol. The Kier molecular flexibility index (Phi) is 6.92. The number of nitriles is 1. The lowest BCUT2D eigenvalue weighted by Crippen LogP contribution is -2.34. The Morgan fingerprint density at radius 3 is 2.85 bits per heavy atom. The molecule has 0 unspecified atom stereocenters. The van der Waals surface area contributed by atoms with Gasteiger partial charge >= 0.3 is 0 Å². The van der Waals surface area contributed by atoms with Crippen LogP contribution < -0.4 is 20.1 Å². The van der Waals surface area contributed by atoms with Crippen LogP contribution in [0.5, 0.6) is 0 Å². The summed E-state index contributed by atoms with van der Waals surface area (Å²) in [7, 11) is 0. The first kappa shape index (κ1) is 19.7. The highest BCUT2D eigenvalue weighted by Crippen LogP contribution is 2.02. The monoisotopic (exact) mass is 373 g/mol. The fourth-order valence-corrected chi connectivity index (χ4v) is 3.64. The van der Waals surface area contributed by atoms with Crippen molar-refractivity contribution in [1.82, 2.24) is 19.9 Å². The maximum absolute atomic E-state index is 12.7. The van der Waals surface area contributed by atoms with Crippen LogP contribution in [0.1, 0.15) is 45.1 Å². The number of rotatable bonds is 7. The minimum Gasteiger partial charge on any atom is -0.352 e. The summed E-state index contributed by atoms with van der Waals surface area (Å²) in [6.45, 7) is 6.50.